The Hall–Kier alpha value is -2.21. The van der Waals surface area contributed by atoms with Crippen molar-refractivity contribution in [1.29, 1.82) is 0 Å². The Kier molecular flexibility index (Phi) is 7.52. The van der Waals surface area contributed by atoms with Crippen LogP contribution >= 0.6 is 27.7 Å². The van der Waals surface area contributed by atoms with E-state index in [0.717, 1.165) is 29.1 Å². The van der Waals surface area contributed by atoms with E-state index in [1.807, 2.05) is 0 Å². The minimum Gasteiger partial charge on any atom is -0.428 e. The predicted octanol–water partition coefficient (Wildman–Crippen LogP) is 4.46. The highest BCUT2D eigenvalue weighted by Crippen LogP contribution is 2.35. The molecule has 0 saturated carbocycles. The summed E-state index contributed by atoms with van der Waals surface area (Å²) in [6, 6.07) is 11.5. The Morgan fingerprint density at radius 2 is 1.91 bits per heavy atom. The minimum absolute atomic E-state index is 0.00246. The fraction of sp³-hybridized carbons (Fsp3) is 0.273. The number of hydrogen-bond donors (Lipinski definition) is 1. The number of benzene rings is 2. The van der Waals surface area contributed by atoms with Gasteiger partial charge in [0.15, 0.2) is 0 Å². The van der Waals surface area contributed by atoms with Crippen molar-refractivity contribution in [3.8, 4) is 11.5 Å². The van der Waals surface area contributed by atoms with Crippen LogP contribution in [-0.2, 0) is 19.4 Å². The Morgan fingerprint density at radius 3 is 2.58 bits per heavy atom. The van der Waals surface area contributed by atoms with Crippen LogP contribution in [0.15, 0.2) is 72.4 Å². The first kappa shape index (κ1) is 23.9. The van der Waals surface area contributed by atoms with Gasteiger partial charge in [-0.1, -0.05) is 27.7 Å². The Balaban J connectivity index is 1.59. The van der Waals surface area contributed by atoms with E-state index in [2.05, 4.69) is 26.2 Å². The maximum absolute atomic E-state index is 13.3. The minimum atomic E-state index is -4.03. The van der Waals surface area contributed by atoms with Crippen molar-refractivity contribution in [2.75, 3.05) is 18.9 Å². The number of nitrogens with zero attached hydrogens (tertiary/aromatic N) is 1. The number of aromatic nitrogens is 1. The standard InChI is InChI=1S/C22H20BrFN2O5S2/c23-15-5-9-18(10-6-15)33(28,29)21-22(31-20(26-21)14-3-7-16(24)8-4-14)32-13-19(27)25-12-17-2-1-11-30-17/h3-10,17H,1-2,11-13H2,(H,25,27)/t17-/m0/s1. The molecule has 2 aromatic carbocycles. The summed E-state index contributed by atoms with van der Waals surface area (Å²) in [7, 11) is -4.03. The fourth-order valence-corrected chi connectivity index (χ4v) is 5.83. The highest BCUT2D eigenvalue weighted by atomic mass is 79.9. The van der Waals surface area contributed by atoms with Crippen LogP contribution in [0, 0.1) is 5.82 Å². The second-order valence-corrected chi connectivity index (χ2v) is 11.0. The van der Waals surface area contributed by atoms with Gasteiger partial charge in [-0.2, -0.15) is 4.98 Å². The molecule has 2 heterocycles. The average molecular weight is 555 g/mol. The SMILES string of the molecule is O=C(CSc1oc(-c2ccc(F)cc2)nc1S(=O)(=O)c1ccc(Br)cc1)NC[C@@H]1CCCO1. The van der Waals surface area contributed by atoms with Crippen molar-refractivity contribution < 1.29 is 26.8 Å². The quantitative estimate of drug-likeness (QED) is 0.410. The molecule has 1 aromatic heterocycles. The van der Waals surface area contributed by atoms with Crippen molar-refractivity contribution in [3.05, 3.63) is 58.8 Å². The third kappa shape index (κ3) is 5.84. The Bertz CT molecular complexity index is 1220. The van der Waals surface area contributed by atoms with Gasteiger partial charge in [0, 0.05) is 23.2 Å². The topological polar surface area (TPSA) is 98.5 Å². The van der Waals surface area contributed by atoms with Crippen LogP contribution < -0.4 is 5.32 Å². The van der Waals surface area contributed by atoms with Crippen molar-refractivity contribution in [1.82, 2.24) is 10.3 Å². The number of oxazole rings is 1. The molecule has 1 saturated heterocycles. The van der Waals surface area contributed by atoms with Gasteiger partial charge in [0.05, 0.1) is 16.8 Å². The normalized spacial score (nSPS) is 16.1. The summed E-state index contributed by atoms with van der Waals surface area (Å²) in [5.41, 5.74) is 0.415. The van der Waals surface area contributed by atoms with Gasteiger partial charge in [-0.3, -0.25) is 4.79 Å². The number of sulfone groups is 1. The third-order valence-electron chi connectivity index (χ3n) is 4.92. The molecule has 4 rings (SSSR count). The molecule has 0 radical (unpaired) electrons. The van der Waals surface area contributed by atoms with Gasteiger partial charge in [0.25, 0.3) is 0 Å². The van der Waals surface area contributed by atoms with E-state index in [1.54, 1.807) is 12.1 Å². The predicted molar refractivity (Wildman–Crippen MR) is 124 cm³/mol. The lowest BCUT2D eigenvalue weighted by molar-refractivity contribution is -0.119. The van der Waals surface area contributed by atoms with Crippen LogP contribution in [0.1, 0.15) is 12.8 Å². The average Bonchev–Trinajstić information content (AvgIpc) is 3.47. The van der Waals surface area contributed by atoms with Crippen LogP contribution in [0.4, 0.5) is 4.39 Å². The lowest BCUT2D eigenvalue weighted by Crippen LogP contribution is -2.32. The molecule has 1 amide bonds. The number of carbonyl (C=O) groups excluding carboxylic acids is 1. The number of hydrogen-bond acceptors (Lipinski definition) is 7. The van der Waals surface area contributed by atoms with E-state index in [9.17, 15) is 17.6 Å². The van der Waals surface area contributed by atoms with E-state index in [1.165, 1.54) is 36.4 Å². The number of thioether (sulfide) groups is 1. The highest BCUT2D eigenvalue weighted by molar-refractivity contribution is 9.10. The van der Waals surface area contributed by atoms with E-state index < -0.39 is 15.7 Å². The molecular weight excluding hydrogens is 535 g/mol. The van der Waals surface area contributed by atoms with Gasteiger partial charge in [-0.25, -0.2) is 12.8 Å². The van der Waals surface area contributed by atoms with Crippen molar-refractivity contribution in [3.63, 3.8) is 0 Å². The van der Waals surface area contributed by atoms with Crippen LogP contribution in [0.25, 0.3) is 11.5 Å². The van der Waals surface area contributed by atoms with Gasteiger partial charge in [0.2, 0.25) is 31.8 Å². The maximum atomic E-state index is 13.3. The van der Waals surface area contributed by atoms with E-state index in [0.29, 0.717) is 18.7 Å². The van der Waals surface area contributed by atoms with E-state index in [-0.39, 0.29) is 38.7 Å². The monoisotopic (exact) mass is 554 g/mol. The highest BCUT2D eigenvalue weighted by Gasteiger charge is 2.29. The van der Waals surface area contributed by atoms with Crippen LogP contribution in [-0.4, -0.2) is 44.3 Å². The van der Waals surface area contributed by atoms with E-state index in [4.69, 9.17) is 9.15 Å². The molecule has 0 unspecified atom stereocenters. The molecule has 0 spiro atoms. The largest absolute Gasteiger partial charge is 0.428 e. The zero-order valence-electron chi connectivity index (χ0n) is 17.3. The van der Waals surface area contributed by atoms with Crippen LogP contribution in [0.2, 0.25) is 0 Å². The summed E-state index contributed by atoms with van der Waals surface area (Å²) < 4.78 is 51.8. The molecule has 1 aliphatic heterocycles. The molecule has 1 aliphatic rings. The summed E-state index contributed by atoms with van der Waals surface area (Å²) in [5.74, 6) is -0.756. The van der Waals surface area contributed by atoms with Crippen LogP contribution in [0.3, 0.4) is 0 Å². The van der Waals surface area contributed by atoms with Gasteiger partial charge in [-0.15, -0.1) is 0 Å². The lowest BCUT2D eigenvalue weighted by atomic mass is 10.2. The first-order valence-corrected chi connectivity index (χ1v) is 13.4. The second kappa shape index (κ2) is 10.4. The Labute approximate surface area is 203 Å². The number of ether oxygens (including phenoxy) is 1. The molecular formula is C22H20BrFN2O5S2. The van der Waals surface area contributed by atoms with E-state index >= 15 is 0 Å². The number of rotatable bonds is 8. The molecule has 1 fully saturated rings. The smallest absolute Gasteiger partial charge is 0.230 e. The molecule has 0 aliphatic carbocycles. The number of carbonyl (C=O) groups is 1. The number of halogens is 2. The lowest BCUT2D eigenvalue weighted by Gasteiger charge is -2.10. The summed E-state index contributed by atoms with van der Waals surface area (Å²) >= 11 is 4.22. The van der Waals surface area contributed by atoms with Crippen LogP contribution in [0.5, 0.6) is 0 Å². The molecule has 33 heavy (non-hydrogen) atoms. The first-order chi connectivity index (χ1) is 15.8. The van der Waals surface area contributed by atoms with Gasteiger partial charge in [-0.05, 0) is 61.4 Å². The number of nitrogens with one attached hydrogen (secondary N) is 1. The molecule has 7 nitrogen and oxygen atoms in total. The molecule has 174 valence electrons. The van der Waals surface area contributed by atoms with Crippen molar-refractivity contribution >= 4 is 43.4 Å². The Morgan fingerprint density at radius 1 is 1.18 bits per heavy atom. The molecule has 1 atom stereocenters. The van der Waals surface area contributed by atoms with Crippen molar-refractivity contribution in [2.24, 2.45) is 0 Å². The van der Waals surface area contributed by atoms with Gasteiger partial charge >= 0.3 is 0 Å². The zero-order valence-corrected chi connectivity index (χ0v) is 20.5. The second-order valence-electron chi connectivity index (χ2n) is 7.30. The summed E-state index contributed by atoms with van der Waals surface area (Å²) in [6.07, 6.45) is 1.87. The number of amides is 1. The molecule has 1 N–H and O–H groups in total. The molecule has 3 aromatic rings. The summed E-state index contributed by atoms with van der Waals surface area (Å²) in [5, 5.41) is 2.49. The zero-order chi connectivity index (χ0) is 23.4. The maximum Gasteiger partial charge on any atom is 0.230 e. The molecule has 11 heteroatoms. The fourth-order valence-electron chi connectivity index (χ4n) is 3.21. The van der Waals surface area contributed by atoms with Crippen molar-refractivity contribution in [2.45, 2.75) is 34.0 Å². The van der Waals surface area contributed by atoms with Gasteiger partial charge in [0.1, 0.15) is 5.82 Å². The first-order valence-electron chi connectivity index (χ1n) is 10.1. The summed E-state index contributed by atoms with van der Waals surface area (Å²) in [6.45, 7) is 1.09. The third-order valence-corrected chi connectivity index (χ3v) is 8.20. The molecule has 0 bridgehead atoms. The van der Waals surface area contributed by atoms with Gasteiger partial charge < -0.3 is 14.5 Å². The summed E-state index contributed by atoms with van der Waals surface area (Å²) in [4.78, 5) is 16.6.